The Balaban J connectivity index is 1.27. The molecule has 1 amide bonds. The maximum atomic E-state index is 14.5. The molecule has 4 N–H and O–H groups in total. The second kappa shape index (κ2) is 10.2. The van der Waals surface area contributed by atoms with E-state index in [0.717, 1.165) is 27.6 Å². The summed E-state index contributed by atoms with van der Waals surface area (Å²) in [6.45, 7) is 2.46. The first-order valence-electron chi connectivity index (χ1n) is 11.9. The summed E-state index contributed by atoms with van der Waals surface area (Å²) in [7, 11) is 0. The summed E-state index contributed by atoms with van der Waals surface area (Å²) in [4.78, 5) is 32.2. The van der Waals surface area contributed by atoms with Crippen molar-refractivity contribution in [2.45, 2.75) is 26.1 Å². The van der Waals surface area contributed by atoms with Gasteiger partial charge < -0.3 is 20.6 Å². The topological polar surface area (TPSA) is 106 Å². The standard InChI is InChI=1S/C29H26FN5O2/c1-18-15-33-25-14-24(30)22(12-23(18)25)16-34-29(37)21-9-10-32-26(13-21)28(31)20-7-5-19(6-8-20)17-35-11-3-2-4-27(35)36/h2-15,28,33H,16-17,31H2,1H3,(H,34,37). The highest BCUT2D eigenvalue weighted by molar-refractivity contribution is 5.94. The second-order valence-electron chi connectivity index (χ2n) is 9.00. The molecule has 5 rings (SSSR count). The van der Waals surface area contributed by atoms with Gasteiger partial charge in [0.2, 0.25) is 0 Å². The molecule has 37 heavy (non-hydrogen) atoms. The first-order valence-corrected chi connectivity index (χ1v) is 11.9. The van der Waals surface area contributed by atoms with Gasteiger partial charge in [0.05, 0.1) is 18.3 Å². The van der Waals surface area contributed by atoms with Crippen LogP contribution >= 0.6 is 0 Å². The number of hydrogen-bond donors (Lipinski definition) is 3. The Labute approximate surface area is 212 Å². The summed E-state index contributed by atoms with van der Waals surface area (Å²) in [6.07, 6.45) is 5.11. The number of benzene rings is 2. The molecule has 3 heterocycles. The van der Waals surface area contributed by atoms with Crippen LogP contribution in [-0.4, -0.2) is 20.4 Å². The molecule has 0 spiro atoms. The van der Waals surface area contributed by atoms with Crippen LogP contribution in [0.15, 0.2) is 90.1 Å². The number of aryl methyl sites for hydroxylation is 1. The molecular weight excluding hydrogens is 469 g/mol. The molecule has 8 heteroatoms. The van der Waals surface area contributed by atoms with Gasteiger partial charge in [-0.3, -0.25) is 14.6 Å². The molecule has 7 nitrogen and oxygen atoms in total. The number of H-pyrrole nitrogens is 1. The number of fused-ring (bicyclic) bond motifs is 1. The largest absolute Gasteiger partial charge is 0.361 e. The molecule has 186 valence electrons. The molecule has 0 radical (unpaired) electrons. The van der Waals surface area contributed by atoms with E-state index in [1.165, 1.54) is 18.3 Å². The number of aromatic amines is 1. The molecular formula is C29H26FN5O2. The molecule has 0 saturated carbocycles. The van der Waals surface area contributed by atoms with Crippen LogP contribution in [0.2, 0.25) is 0 Å². The fraction of sp³-hybridized carbons (Fsp3) is 0.138. The highest BCUT2D eigenvalue weighted by Gasteiger charge is 2.15. The number of nitrogens with zero attached hydrogens (tertiary/aromatic N) is 2. The number of aromatic nitrogens is 3. The third-order valence-corrected chi connectivity index (χ3v) is 6.45. The van der Waals surface area contributed by atoms with Gasteiger partial charge in [0.25, 0.3) is 11.5 Å². The number of rotatable bonds is 7. The molecule has 2 aromatic carbocycles. The van der Waals surface area contributed by atoms with E-state index in [-0.39, 0.29) is 23.8 Å². The normalized spacial score (nSPS) is 12.0. The fourth-order valence-corrected chi connectivity index (χ4v) is 4.29. The molecule has 0 aliphatic rings. The highest BCUT2D eigenvalue weighted by atomic mass is 19.1. The minimum absolute atomic E-state index is 0.0564. The van der Waals surface area contributed by atoms with Crippen LogP contribution in [0.1, 0.15) is 44.3 Å². The van der Waals surface area contributed by atoms with Gasteiger partial charge in [0, 0.05) is 53.2 Å². The molecule has 5 aromatic rings. The summed E-state index contributed by atoms with van der Waals surface area (Å²) >= 11 is 0. The highest BCUT2D eigenvalue weighted by Crippen LogP contribution is 2.22. The lowest BCUT2D eigenvalue weighted by atomic mass is 10.0. The van der Waals surface area contributed by atoms with Crippen molar-refractivity contribution in [1.29, 1.82) is 0 Å². The Morgan fingerprint density at radius 3 is 2.73 bits per heavy atom. The number of carbonyl (C=O) groups is 1. The van der Waals surface area contributed by atoms with Crippen molar-refractivity contribution in [2.75, 3.05) is 0 Å². The van der Waals surface area contributed by atoms with E-state index >= 15 is 0 Å². The van der Waals surface area contributed by atoms with Crippen molar-refractivity contribution in [1.82, 2.24) is 19.9 Å². The van der Waals surface area contributed by atoms with E-state index in [4.69, 9.17) is 5.73 Å². The van der Waals surface area contributed by atoms with Crippen molar-refractivity contribution in [3.63, 3.8) is 0 Å². The van der Waals surface area contributed by atoms with Gasteiger partial charge >= 0.3 is 0 Å². The quantitative estimate of drug-likeness (QED) is 0.315. The summed E-state index contributed by atoms with van der Waals surface area (Å²) < 4.78 is 16.1. The average molecular weight is 496 g/mol. The average Bonchev–Trinajstić information content (AvgIpc) is 3.27. The van der Waals surface area contributed by atoms with Crippen LogP contribution in [0.4, 0.5) is 4.39 Å². The zero-order valence-electron chi connectivity index (χ0n) is 20.2. The number of pyridine rings is 2. The van der Waals surface area contributed by atoms with Gasteiger partial charge in [-0.15, -0.1) is 0 Å². The van der Waals surface area contributed by atoms with Crippen LogP contribution in [0.25, 0.3) is 10.9 Å². The molecule has 1 unspecified atom stereocenters. The van der Waals surface area contributed by atoms with E-state index in [9.17, 15) is 14.0 Å². The Hall–Kier alpha value is -4.56. The first kappa shape index (κ1) is 24.1. The third kappa shape index (κ3) is 5.19. The van der Waals surface area contributed by atoms with Crippen LogP contribution in [-0.2, 0) is 13.1 Å². The van der Waals surface area contributed by atoms with E-state index in [1.807, 2.05) is 43.5 Å². The third-order valence-electron chi connectivity index (χ3n) is 6.45. The maximum absolute atomic E-state index is 14.5. The van der Waals surface area contributed by atoms with Crippen molar-refractivity contribution in [3.8, 4) is 0 Å². The van der Waals surface area contributed by atoms with Crippen molar-refractivity contribution < 1.29 is 9.18 Å². The first-order chi connectivity index (χ1) is 17.9. The van der Waals surface area contributed by atoms with Crippen molar-refractivity contribution >= 4 is 16.8 Å². The molecule has 1 atom stereocenters. The monoisotopic (exact) mass is 495 g/mol. The van der Waals surface area contributed by atoms with E-state index in [1.54, 1.807) is 35.0 Å². The predicted molar refractivity (Wildman–Crippen MR) is 141 cm³/mol. The number of nitrogens with one attached hydrogen (secondary N) is 2. The van der Waals surface area contributed by atoms with Crippen LogP contribution < -0.4 is 16.6 Å². The van der Waals surface area contributed by atoms with Gasteiger partial charge in [-0.25, -0.2) is 4.39 Å². The minimum atomic E-state index is -0.544. The Morgan fingerprint density at radius 2 is 1.95 bits per heavy atom. The van der Waals surface area contributed by atoms with Crippen LogP contribution in [0.3, 0.4) is 0 Å². The molecule has 0 bridgehead atoms. The Bertz CT molecular complexity index is 1640. The minimum Gasteiger partial charge on any atom is -0.361 e. The van der Waals surface area contributed by atoms with Gasteiger partial charge in [-0.2, -0.15) is 0 Å². The SMILES string of the molecule is Cc1c[nH]c2cc(F)c(CNC(=O)c3ccnc(C(N)c4ccc(Cn5ccccc5=O)cc4)c3)cc12. The zero-order chi connectivity index (χ0) is 25.9. The summed E-state index contributed by atoms with van der Waals surface area (Å²) in [5, 5.41) is 3.71. The molecule has 0 aliphatic heterocycles. The molecule has 0 fully saturated rings. The van der Waals surface area contributed by atoms with Crippen LogP contribution in [0.5, 0.6) is 0 Å². The number of amides is 1. The molecule has 0 aliphatic carbocycles. The molecule has 0 saturated heterocycles. The van der Waals surface area contributed by atoms with Crippen molar-refractivity contribution in [3.05, 3.63) is 135 Å². The maximum Gasteiger partial charge on any atom is 0.251 e. The Kier molecular flexibility index (Phi) is 6.66. The fourth-order valence-electron chi connectivity index (χ4n) is 4.29. The van der Waals surface area contributed by atoms with Crippen LogP contribution in [0, 0.1) is 12.7 Å². The Morgan fingerprint density at radius 1 is 1.14 bits per heavy atom. The number of nitrogens with two attached hydrogens (primary N) is 1. The zero-order valence-corrected chi connectivity index (χ0v) is 20.2. The van der Waals surface area contributed by atoms with E-state index < -0.39 is 6.04 Å². The summed E-state index contributed by atoms with van der Waals surface area (Å²) in [5.41, 5.74) is 11.2. The lowest BCUT2D eigenvalue weighted by Crippen LogP contribution is -2.24. The summed E-state index contributed by atoms with van der Waals surface area (Å²) in [6, 6.07) is 18.6. The number of carbonyl (C=O) groups excluding carboxylic acids is 1. The van der Waals surface area contributed by atoms with Gasteiger partial charge in [-0.1, -0.05) is 30.3 Å². The van der Waals surface area contributed by atoms with Gasteiger partial charge in [0.15, 0.2) is 0 Å². The van der Waals surface area contributed by atoms with E-state index in [0.29, 0.717) is 23.4 Å². The summed E-state index contributed by atoms with van der Waals surface area (Å²) in [5.74, 6) is -0.725. The number of hydrogen-bond acceptors (Lipinski definition) is 4. The van der Waals surface area contributed by atoms with Crippen molar-refractivity contribution in [2.24, 2.45) is 5.73 Å². The smallest absolute Gasteiger partial charge is 0.251 e. The lowest BCUT2D eigenvalue weighted by molar-refractivity contribution is 0.0950. The van der Waals surface area contributed by atoms with Gasteiger partial charge in [-0.05, 0) is 53.9 Å². The second-order valence-corrected chi connectivity index (χ2v) is 9.00. The van der Waals surface area contributed by atoms with E-state index in [2.05, 4.69) is 15.3 Å². The predicted octanol–water partition coefficient (Wildman–Crippen LogP) is 4.20. The molecule has 3 aromatic heterocycles. The number of halogens is 1. The van der Waals surface area contributed by atoms with Gasteiger partial charge in [0.1, 0.15) is 5.82 Å². The lowest BCUT2D eigenvalue weighted by Gasteiger charge is -2.14.